The molecule has 0 aromatic heterocycles. The molecule has 0 spiro atoms. The van der Waals surface area contributed by atoms with E-state index in [2.05, 4.69) is 185 Å². The fourth-order valence-electron chi connectivity index (χ4n) is 6.89. The molecule has 0 saturated carbocycles. The van der Waals surface area contributed by atoms with Crippen molar-refractivity contribution in [1.29, 1.82) is 0 Å². The third-order valence-electron chi connectivity index (χ3n) is 8.91. The van der Waals surface area contributed by atoms with Crippen LogP contribution in [-0.2, 0) is 0 Å². The highest BCUT2D eigenvalue weighted by Gasteiger charge is 2.61. The second-order valence-corrected chi connectivity index (χ2v) is 22.7. The first kappa shape index (κ1) is 27.9. The van der Waals surface area contributed by atoms with Gasteiger partial charge in [-0.2, -0.15) is 0 Å². The van der Waals surface area contributed by atoms with Crippen LogP contribution in [0.3, 0.4) is 0 Å². The molecule has 0 saturated heterocycles. The van der Waals surface area contributed by atoms with Gasteiger partial charge in [-0.1, -0.05) is 211 Å². The summed E-state index contributed by atoms with van der Waals surface area (Å²) in [6.45, 7) is 8.79. The van der Waals surface area contributed by atoms with Gasteiger partial charge in [0.25, 0.3) is 0 Å². The molecule has 206 valence electrons. The van der Waals surface area contributed by atoms with Crippen molar-refractivity contribution in [2.45, 2.75) is 27.7 Å². The van der Waals surface area contributed by atoms with Gasteiger partial charge in [0.15, 0.2) is 15.2 Å². The van der Waals surface area contributed by atoms with Crippen molar-refractivity contribution < 1.29 is 0 Å². The lowest BCUT2D eigenvalue weighted by atomic mass is 10.2. The van der Waals surface area contributed by atoms with Crippen molar-refractivity contribution in [3.63, 3.8) is 0 Å². The zero-order valence-electron chi connectivity index (χ0n) is 25.0. The predicted octanol–water partition coefficient (Wildman–Crippen LogP) is 5.64. The molecule has 0 unspecified atom stereocenters. The van der Waals surface area contributed by atoms with Crippen LogP contribution >= 0.6 is 0 Å². The predicted molar refractivity (Wildman–Crippen MR) is 187 cm³/mol. The minimum Gasteiger partial charge on any atom is -0.0624 e. The summed E-state index contributed by atoms with van der Waals surface area (Å²) >= 11 is 0. The molecule has 0 bridgehead atoms. The number of hydrogen-bond acceptors (Lipinski definition) is 0. The van der Waals surface area contributed by atoms with Crippen LogP contribution in [0.1, 0.15) is 22.3 Å². The lowest BCUT2D eigenvalue weighted by molar-refractivity contribution is 1.47. The Hall–Kier alpha value is -4.25. The molecule has 0 fully saturated rings. The summed E-state index contributed by atoms with van der Waals surface area (Å²) in [6, 6.07) is 61.1. The highest BCUT2D eigenvalue weighted by Crippen LogP contribution is 2.24. The Kier molecular flexibility index (Phi) is 7.68. The molecule has 0 atom stereocenters. The monoisotopic (exact) mass is 574 g/mol. The summed E-state index contributed by atoms with van der Waals surface area (Å²) in [5.74, 6) is 0. The summed E-state index contributed by atoms with van der Waals surface area (Å²) in [5, 5.41) is 8.74. The average molecular weight is 575 g/mol. The van der Waals surface area contributed by atoms with Gasteiger partial charge in [0.1, 0.15) is 0 Å². The van der Waals surface area contributed by atoms with E-state index in [-0.39, 0.29) is 0 Å². The van der Waals surface area contributed by atoms with Gasteiger partial charge < -0.3 is 0 Å². The first-order valence-corrected chi connectivity index (χ1v) is 19.9. The molecule has 0 amide bonds. The standard InChI is InChI=1S/C40H38Si2/c1-31-15-23-37(24-16-31)41(35-11-7-5-8-12-35,36-13-9-6-10-14-36)42(38-25-17-32(2)18-26-38,39-27-19-33(3)20-28-39)40-29-21-34(4)22-30-40/h5-30H,1-4H3. The summed E-state index contributed by atoms with van der Waals surface area (Å²) in [5.41, 5.74) is 5.15. The molecule has 0 N–H and O–H groups in total. The van der Waals surface area contributed by atoms with E-state index in [9.17, 15) is 0 Å². The first-order chi connectivity index (χ1) is 20.5. The number of hydrogen-bond donors (Lipinski definition) is 0. The van der Waals surface area contributed by atoms with Crippen LogP contribution in [0, 0.1) is 27.7 Å². The van der Waals surface area contributed by atoms with E-state index in [0.717, 1.165) is 0 Å². The van der Waals surface area contributed by atoms with Crippen LogP contribution in [0.2, 0.25) is 0 Å². The summed E-state index contributed by atoms with van der Waals surface area (Å²) in [7, 11) is -5.74. The fourth-order valence-corrected chi connectivity index (χ4v) is 26.3. The Morgan fingerprint density at radius 3 is 0.643 bits per heavy atom. The van der Waals surface area contributed by atoms with Gasteiger partial charge in [0, 0.05) is 0 Å². The lowest BCUT2D eigenvalue weighted by Crippen LogP contribution is -2.94. The van der Waals surface area contributed by atoms with E-state index < -0.39 is 15.2 Å². The molecule has 42 heavy (non-hydrogen) atoms. The van der Waals surface area contributed by atoms with Crippen molar-refractivity contribution in [2.75, 3.05) is 0 Å². The van der Waals surface area contributed by atoms with Gasteiger partial charge in [-0.15, -0.1) is 0 Å². The highest BCUT2D eigenvalue weighted by atomic mass is 29.3. The molecule has 6 rings (SSSR count). The van der Waals surface area contributed by atoms with Crippen LogP contribution < -0.4 is 31.1 Å². The van der Waals surface area contributed by atoms with E-state index in [0.29, 0.717) is 0 Å². The Bertz CT molecular complexity index is 1600. The second-order valence-electron chi connectivity index (χ2n) is 11.7. The maximum atomic E-state index is 2.45. The minimum absolute atomic E-state index is 1.29. The van der Waals surface area contributed by atoms with Crippen molar-refractivity contribution >= 4 is 46.3 Å². The van der Waals surface area contributed by atoms with E-state index >= 15 is 0 Å². The minimum atomic E-state index is -2.87. The van der Waals surface area contributed by atoms with Crippen molar-refractivity contribution in [2.24, 2.45) is 0 Å². The number of aryl methyl sites for hydroxylation is 4. The Morgan fingerprint density at radius 2 is 0.429 bits per heavy atom. The van der Waals surface area contributed by atoms with E-state index in [1.807, 2.05) is 0 Å². The third kappa shape index (κ3) is 4.61. The topological polar surface area (TPSA) is 0 Å². The molecular weight excluding hydrogens is 537 g/mol. The van der Waals surface area contributed by atoms with Crippen LogP contribution in [0.15, 0.2) is 158 Å². The van der Waals surface area contributed by atoms with Crippen molar-refractivity contribution in [3.05, 3.63) is 180 Å². The van der Waals surface area contributed by atoms with Crippen LogP contribution in [-0.4, -0.2) is 15.2 Å². The van der Waals surface area contributed by atoms with Crippen LogP contribution in [0.5, 0.6) is 0 Å². The van der Waals surface area contributed by atoms with E-state index in [1.54, 1.807) is 0 Å². The zero-order valence-corrected chi connectivity index (χ0v) is 27.0. The zero-order chi connectivity index (χ0) is 29.2. The molecule has 6 aromatic carbocycles. The second kappa shape index (κ2) is 11.6. The lowest BCUT2D eigenvalue weighted by Gasteiger charge is -2.50. The molecule has 2 heteroatoms. The van der Waals surface area contributed by atoms with Gasteiger partial charge in [0.2, 0.25) is 0 Å². The Morgan fingerprint density at radius 1 is 0.238 bits per heavy atom. The van der Waals surface area contributed by atoms with Gasteiger partial charge in [-0.05, 0) is 27.7 Å². The van der Waals surface area contributed by atoms with E-state index in [1.165, 1.54) is 53.4 Å². The molecule has 0 nitrogen and oxygen atoms in total. The molecule has 6 aromatic rings. The SMILES string of the molecule is Cc1ccc([Si](c2ccccc2)(c2ccccc2)[Si](c2ccc(C)cc2)(c2ccc(C)cc2)c2ccc(C)cc2)cc1. The molecule has 0 aliphatic rings. The van der Waals surface area contributed by atoms with Crippen LogP contribution in [0.25, 0.3) is 0 Å². The maximum absolute atomic E-state index is 2.87. The third-order valence-corrected chi connectivity index (χ3v) is 25.8. The van der Waals surface area contributed by atoms with Crippen LogP contribution in [0.4, 0.5) is 0 Å². The van der Waals surface area contributed by atoms with Crippen molar-refractivity contribution in [3.8, 4) is 0 Å². The Labute approximate surface area is 253 Å². The van der Waals surface area contributed by atoms with Gasteiger partial charge in [0.05, 0.1) is 0 Å². The maximum Gasteiger partial charge on any atom is 0.154 e. The normalized spacial score (nSPS) is 11.8. The molecule has 0 heterocycles. The Balaban J connectivity index is 1.93. The van der Waals surface area contributed by atoms with Crippen molar-refractivity contribution in [1.82, 2.24) is 0 Å². The van der Waals surface area contributed by atoms with Gasteiger partial charge in [-0.25, -0.2) is 0 Å². The quantitative estimate of drug-likeness (QED) is 0.171. The molecule has 0 aliphatic heterocycles. The smallest absolute Gasteiger partial charge is 0.0624 e. The number of rotatable bonds is 7. The number of benzene rings is 6. The molecule has 0 radical (unpaired) electrons. The summed E-state index contributed by atoms with van der Waals surface area (Å²) in [4.78, 5) is 0. The molecule has 0 aliphatic carbocycles. The first-order valence-electron chi connectivity index (χ1n) is 14.9. The fraction of sp³-hybridized carbons (Fsp3) is 0.100. The largest absolute Gasteiger partial charge is 0.154 e. The van der Waals surface area contributed by atoms with Gasteiger partial charge in [-0.3, -0.25) is 0 Å². The van der Waals surface area contributed by atoms with E-state index in [4.69, 9.17) is 0 Å². The van der Waals surface area contributed by atoms with Gasteiger partial charge >= 0.3 is 0 Å². The molecular formula is C40H38Si2. The highest BCUT2D eigenvalue weighted by molar-refractivity contribution is 7.67. The summed E-state index contributed by atoms with van der Waals surface area (Å²) < 4.78 is 0. The average Bonchev–Trinajstić information content (AvgIpc) is 3.03. The summed E-state index contributed by atoms with van der Waals surface area (Å²) in [6.07, 6.45) is 0.